The molecule has 0 spiro atoms. The van der Waals surface area contributed by atoms with Gasteiger partial charge in [-0.1, -0.05) is 37.6 Å². The molecule has 1 amide bonds. The quantitative estimate of drug-likeness (QED) is 0.872. The van der Waals surface area contributed by atoms with E-state index in [0.29, 0.717) is 23.0 Å². The number of hydrogen-bond acceptors (Lipinski definition) is 2. The Morgan fingerprint density at radius 1 is 1.47 bits per heavy atom. The van der Waals surface area contributed by atoms with E-state index in [9.17, 15) is 4.79 Å². The van der Waals surface area contributed by atoms with Crippen molar-refractivity contribution in [2.24, 2.45) is 11.7 Å². The lowest BCUT2D eigenvalue weighted by atomic mass is 9.90. The van der Waals surface area contributed by atoms with Gasteiger partial charge >= 0.3 is 0 Å². The molecule has 0 aliphatic rings. The predicted molar refractivity (Wildman–Crippen MR) is 80.6 cm³/mol. The number of nitrogens with two attached hydrogens (primary N) is 1. The Kier molecular flexibility index (Phi) is 5.39. The van der Waals surface area contributed by atoms with Crippen LogP contribution in [0.1, 0.15) is 43.1 Å². The third-order valence-corrected chi connectivity index (χ3v) is 3.66. The maximum Gasteiger partial charge on any atom is 0.253 e. The van der Waals surface area contributed by atoms with Crippen LogP contribution in [0.15, 0.2) is 18.2 Å². The zero-order chi connectivity index (χ0) is 14.6. The van der Waals surface area contributed by atoms with E-state index in [0.717, 1.165) is 12.0 Å². The molecular weight excluding hydrogens is 260 g/mol. The van der Waals surface area contributed by atoms with Crippen LogP contribution in [-0.2, 0) is 0 Å². The molecule has 4 heteroatoms. The van der Waals surface area contributed by atoms with Gasteiger partial charge < -0.3 is 11.1 Å². The molecular formula is C15H23ClN2O. The highest BCUT2D eigenvalue weighted by atomic mass is 35.5. The Balaban J connectivity index is 2.92. The summed E-state index contributed by atoms with van der Waals surface area (Å²) in [5.41, 5.74) is 6.80. The van der Waals surface area contributed by atoms with Crippen LogP contribution in [0.4, 0.5) is 0 Å². The van der Waals surface area contributed by atoms with Crippen molar-refractivity contribution in [3.8, 4) is 0 Å². The lowest BCUT2D eigenvalue weighted by Crippen LogP contribution is -2.52. The van der Waals surface area contributed by atoms with E-state index >= 15 is 0 Å². The molecule has 1 unspecified atom stereocenters. The van der Waals surface area contributed by atoms with Crippen molar-refractivity contribution in [1.29, 1.82) is 0 Å². The average molecular weight is 283 g/mol. The van der Waals surface area contributed by atoms with Crippen LogP contribution < -0.4 is 11.1 Å². The van der Waals surface area contributed by atoms with Crippen LogP contribution >= 0.6 is 11.6 Å². The highest BCUT2D eigenvalue weighted by Gasteiger charge is 2.27. The van der Waals surface area contributed by atoms with Crippen molar-refractivity contribution < 1.29 is 4.79 Å². The van der Waals surface area contributed by atoms with Crippen LogP contribution in [0.2, 0.25) is 5.02 Å². The molecule has 0 saturated heterocycles. The largest absolute Gasteiger partial charge is 0.346 e. The van der Waals surface area contributed by atoms with E-state index in [1.807, 2.05) is 26.0 Å². The summed E-state index contributed by atoms with van der Waals surface area (Å²) in [6.07, 6.45) is 0.832. The third-order valence-electron chi connectivity index (χ3n) is 3.16. The smallest absolute Gasteiger partial charge is 0.253 e. The second kappa shape index (κ2) is 6.40. The van der Waals surface area contributed by atoms with Gasteiger partial charge in [0.05, 0.1) is 10.6 Å². The van der Waals surface area contributed by atoms with E-state index < -0.39 is 5.54 Å². The van der Waals surface area contributed by atoms with Crippen LogP contribution in [0.3, 0.4) is 0 Å². The maximum atomic E-state index is 12.3. The summed E-state index contributed by atoms with van der Waals surface area (Å²) >= 11 is 6.17. The van der Waals surface area contributed by atoms with Gasteiger partial charge in [-0.05, 0) is 37.8 Å². The number of benzene rings is 1. The van der Waals surface area contributed by atoms with Gasteiger partial charge in [0.1, 0.15) is 0 Å². The van der Waals surface area contributed by atoms with E-state index in [1.54, 1.807) is 6.07 Å². The molecule has 3 N–H and O–H groups in total. The normalized spacial score (nSPS) is 14.3. The Morgan fingerprint density at radius 3 is 2.63 bits per heavy atom. The molecule has 0 fully saturated rings. The number of hydrogen-bond donors (Lipinski definition) is 2. The van der Waals surface area contributed by atoms with Crippen molar-refractivity contribution in [1.82, 2.24) is 5.32 Å². The molecule has 0 heterocycles. The van der Waals surface area contributed by atoms with Gasteiger partial charge in [0.2, 0.25) is 0 Å². The molecule has 0 saturated carbocycles. The van der Waals surface area contributed by atoms with E-state index in [2.05, 4.69) is 19.2 Å². The van der Waals surface area contributed by atoms with Crippen LogP contribution in [-0.4, -0.2) is 18.0 Å². The summed E-state index contributed by atoms with van der Waals surface area (Å²) < 4.78 is 0. The molecule has 0 bridgehead atoms. The Hall–Kier alpha value is -1.06. The van der Waals surface area contributed by atoms with Gasteiger partial charge in [-0.25, -0.2) is 0 Å². The summed E-state index contributed by atoms with van der Waals surface area (Å²) in [5, 5.41) is 3.51. The van der Waals surface area contributed by atoms with Crippen LogP contribution in [0.5, 0.6) is 0 Å². The van der Waals surface area contributed by atoms with Crippen molar-refractivity contribution in [2.45, 2.75) is 39.7 Å². The van der Waals surface area contributed by atoms with Gasteiger partial charge in [-0.15, -0.1) is 0 Å². The number of halogens is 1. The van der Waals surface area contributed by atoms with Crippen molar-refractivity contribution in [3.63, 3.8) is 0 Å². The topological polar surface area (TPSA) is 55.1 Å². The summed E-state index contributed by atoms with van der Waals surface area (Å²) in [4.78, 5) is 12.3. The fraction of sp³-hybridized carbons (Fsp3) is 0.533. The molecule has 0 aliphatic heterocycles. The molecule has 1 atom stereocenters. The maximum absolute atomic E-state index is 12.3. The Labute approximate surface area is 120 Å². The molecule has 106 valence electrons. The van der Waals surface area contributed by atoms with Crippen molar-refractivity contribution >= 4 is 17.5 Å². The molecule has 0 radical (unpaired) electrons. The van der Waals surface area contributed by atoms with E-state index in [-0.39, 0.29) is 5.91 Å². The summed E-state index contributed by atoms with van der Waals surface area (Å²) in [7, 11) is 0. The lowest BCUT2D eigenvalue weighted by Gasteiger charge is -2.31. The first-order valence-corrected chi connectivity index (χ1v) is 6.94. The number of carbonyl (C=O) groups excluding carboxylic acids is 1. The predicted octanol–water partition coefficient (Wildman–Crippen LogP) is 3.14. The first-order chi connectivity index (χ1) is 8.79. The van der Waals surface area contributed by atoms with E-state index in [1.165, 1.54) is 0 Å². The highest BCUT2D eigenvalue weighted by Crippen LogP contribution is 2.22. The van der Waals surface area contributed by atoms with Gasteiger partial charge in [-0.2, -0.15) is 0 Å². The second-order valence-corrected chi connectivity index (χ2v) is 6.13. The van der Waals surface area contributed by atoms with Gasteiger partial charge in [-0.3, -0.25) is 4.79 Å². The monoisotopic (exact) mass is 282 g/mol. The zero-order valence-corrected chi connectivity index (χ0v) is 12.8. The lowest BCUT2D eigenvalue weighted by molar-refractivity contribution is 0.0898. The number of nitrogens with one attached hydrogen (secondary N) is 1. The highest BCUT2D eigenvalue weighted by molar-refractivity contribution is 6.34. The molecule has 1 aromatic carbocycles. The fourth-order valence-corrected chi connectivity index (χ4v) is 2.46. The van der Waals surface area contributed by atoms with Gasteiger partial charge in [0.15, 0.2) is 0 Å². The molecule has 0 aromatic heterocycles. The Morgan fingerprint density at radius 2 is 2.11 bits per heavy atom. The van der Waals surface area contributed by atoms with Gasteiger partial charge in [0.25, 0.3) is 5.91 Å². The standard InChI is InChI=1S/C15H23ClN2O/c1-10(2)8-15(4,9-17)18-14(19)12-7-5-6-11(3)13(12)16/h5-7,10H,8-9,17H2,1-4H3,(H,18,19). The average Bonchev–Trinajstić information content (AvgIpc) is 2.31. The zero-order valence-electron chi connectivity index (χ0n) is 12.1. The Bertz CT molecular complexity index is 459. The SMILES string of the molecule is Cc1cccc(C(=O)NC(C)(CN)CC(C)C)c1Cl. The molecule has 3 nitrogen and oxygen atoms in total. The summed E-state index contributed by atoms with van der Waals surface area (Å²) in [5.74, 6) is 0.295. The van der Waals surface area contributed by atoms with Crippen molar-refractivity contribution in [3.05, 3.63) is 34.3 Å². The molecule has 1 rings (SSSR count). The van der Waals surface area contributed by atoms with Crippen LogP contribution in [0.25, 0.3) is 0 Å². The second-order valence-electron chi connectivity index (χ2n) is 5.75. The number of rotatable bonds is 5. The minimum absolute atomic E-state index is 0.165. The summed E-state index contributed by atoms with van der Waals surface area (Å²) in [6.45, 7) is 8.48. The third kappa shape index (κ3) is 4.22. The van der Waals surface area contributed by atoms with Crippen LogP contribution in [0, 0.1) is 12.8 Å². The van der Waals surface area contributed by atoms with Crippen molar-refractivity contribution in [2.75, 3.05) is 6.54 Å². The number of carbonyl (C=O) groups is 1. The fourth-order valence-electron chi connectivity index (χ4n) is 2.25. The molecule has 0 aliphatic carbocycles. The minimum Gasteiger partial charge on any atom is -0.346 e. The number of aryl methyl sites for hydroxylation is 1. The summed E-state index contributed by atoms with van der Waals surface area (Å²) in [6, 6.07) is 5.45. The first kappa shape index (κ1) is 16.0. The van der Waals surface area contributed by atoms with E-state index in [4.69, 9.17) is 17.3 Å². The number of amides is 1. The first-order valence-electron chi connectivity index (χ1n) is 6.57. The molecule has 1 aromatic rings. The molecule has 19 heavy (non-hydrogen) atoms. The van der Waals surface area contributed by atoms with Gasteiger partial charge in [0, 0.05) is 12.1 Å². The minimum atomic E-state index is -0.404.